The summed E-state index contributed by atoms with van der Waals surface area (Å²) in [6.45, 7) is 28.7. The second-order valence-corrected chi connectivity index (χ2v) is 17.6. The van der Waals surface area contributed by atoms with Gasteiger partial charge in [-0.3, -0.25) is 0 Å². The third kappa shape index (κ3) is 5.31. The molecule has 1 heteroatoms. The van der Waals surface area contributed by atoms with Crippen LogP contribution in [0.15, 0.2) is 0 Å². The van der Waals surface area contributed by atoms with Gasteiger partial charge < -0.3 is 4.74 Å². The van der Waals surface area contributed by atoms with Crippen LogP contribution in [0.4, 0.5) is 0 Å². The summed E-state index contributed by atoms with van der Waals surface area (Å²) in [6, 6.07) is 0. The summed E-state index contributed by atoms with van der Waals surface area (Å²) in [5.41, 5.74) is 3.11. The predicted octanol–water partition coefficient (Wildman–Crippen LogP) is 11.2. The van der Waals surface area contributed by atoms with E-state index in [4.69, 9.17) is 4.74 Å². The first-order valence-corrected chi connectivity index (χ1v) is 17.3. The van der Waals surface area contributed by atoms with Gasteiger partial charge >= 0.3 is 0 Å². The maximum Gasteiger partial charge on any atom is 0.0614 e. The Morgan fingerprint density at radius 3 is 0.868 bits per heavy atom. The van der Waals surface area contributed by atoms with Crippen molar-refractivity contribution in [1.82, 2.24) is 0 Å². The average Bonchev–Trinajstić information content (AvgIpc) is 3.40. The summed E-state index contributed by atoms with van der Waals surface area (Å²) in [6.07, 6.45) is 17.6. The van der Waals surface area contributed by atoms with Crippen LogP contribution in [0.1, 0.15) is 154 Å². The molecule has 222 valence electrons. The van der Waals surface area contributed by atoms with E-state index in [1.807, 2.05) is 0 Å². The van der Waals surface area contributed by atoms with Gasteiger partial charge in [-0.15, -0.1) is 0 Å². The van der Waals surface area contributed by atoms with Gasteiger partial charge in [0.05, 0.1) is 12.2 Å². The molecule has 4 atom stereocenters. The number of hydrogen-bond acceptors (Lipinski definition) is 1. The Labute approximate surface area is 239 Å². The van der Waals surface area contributed by atoms with Gasteiger partial charge in [-0.05, 0) is 140 Å². The van der Waals surface area contributed by atoms with Crippen LogP contribution in [0.5, 0.6) is 0 Å². The Balaban J connectivity index is 0.000000134. The first-order chi connectivity index (χ1) is 17.6. The van der Waals surface area contributed by atoms with Crippen LogP contribution in [0.25, 0.3) is 0 Å². The van der Waals surface area contributed by atoms with E-state index < -0.39 is 0 Å². The lowest BCUT2D eigenvalue weighted by Gasteiger charge is -2.75. The number of hydrogen-bond donors (Lipinski definition) is 0. The van der Waals surface area contributed by atoms with E-state index in [-0.39, 0.29) is 0 Å². The molecule has 6 saturated carbocycles. The van der Waals surface area contributed by atoms with E-state index >= 15 is 0 Å². The van der Waals surface area contributed by atoms with Gasteiger partial charge in [-0.25, -0.2) is 0 Å². The van der Waals surface area contributed by atoms with Crippen molar-refractivity contribution in [3.05, 3.63) is 0 Å². The molecule has 6 aliphatic carbocycles. The molecule has 0 radical (unpaired) electrons. The fourth-order valence-corrected chi connectivity index (χ4v) is 10.3. The molecule has 8 fully saturated rings. The first-order valence-electron chi connectivity index (χ1n) is 17.3. The zero-order valence-corrected chi connectivity index (χ0v) is 28.0. The second-order valence-electron chi connectivity index (χ2n) is 17.6. The molecule has 2 heterocycles. The van der Waals surface area contributed by atoms with Crippen molar-refractivity contribution < 1.29 is 4.74 Å². The minimum absolute atomic E-state index is 0.595. The van der Waals surface area contributed by atoms with Crippen molar-refractivity contribution in [2.24, 2.45) is 69.0 Å². The van der Waals surface area contributed by atoms with Crippen molar-refractivity contribution in [3.63, 3.8) is 0 Å². The summed E-state index contributed by atoms with van der Waals surface area (Å²) in [5, 5.41) is 0. The second kappa shape index (κ2) is 11.0. The monoisotopic (exact) mass is 529 g/mol. The van der Waals surface area contributed by atoms with Gasteiger partial charge in [0, 0.05) is 0 Å². The number of ether oxygens (including phenoxy) is 1. The SMILES string of the molecule is CC(C)C12CC(C(C)C)(C1)C2.CC(C)C12CCC(C(C)C)(CC1)CC2.CC(C)C1CC2OC1CC2C(C)C. The highest BCUT2D eigenvalue weighted by Gasteiger charge is 2.69. The Kier molecular flexibility index (Phi) is 8.94. The van der Waals surface area contributed by atoms with Gasteiger partial charge in [-0.1, -0.05) is 83.1 Å². The predicted molar refractivity (Wildman–Crippen MR) is 165 cm³/mol. The third-order valence-electron chi connectivity index (χ3n) is 14.4. The molecule has 2 aliphatic heterocycles. The Hall–Kier alpha value is -0.0400. The van der Waals surface area contributed by atoms with Crippen LogP contribution in [0, 0.1) is 69.0 Å². The summed E-state index contributed by atoms with van der Waals surface area (Å²) >= 11 is 0. The molecule has 0 spiro atoms. The lowest BCUT2D eigenvalue weighted by molar-refractivity contribution is -0.252. The highest BCUT2D eigenvalue weighted by Crippen LogP contribution is 2.78. The minimum atomic E-state index is 0.595. The average molecular weight is 529 g/mol. The zero-order chi connectivity index (χ0) is 28.3. The normalized spacial score (nSPS) is 44.4. The molecule has 0 aromatic heterocycles. The van der Waals surface area contributed by atoms with Gasteiger partial charge in [0.25, 0.3) is 0 Å². The summed E-state index contributed by atoms with van der Waals surface area (Å²) in [4.78, 5) is 0. The molecule has 0 aromatic rings. The molecule has 0 amide bonds. The Bertz CT molecular complexity index is 678. The summed E-state index contributed by atoms with van der Waals surface area (Å²) < 4.78 is 6.02. The van der Waals surface area contributed by atoms with E-state index in [9.17, 15) is 0 Å². The molecule has 2 saturated heterocycles. The molecule has 6 bridgehead atoms. The Morgan fingerprint density at radius 1 is 0.421 bits per heavy atom. The number of fused-ring (bicyclic) bond motifs is 5. The first kappa shape index (κ1) is 30.9. The van der Waals surface area contributed by atoms with Crippen LogP contribution in [0.2, 0.25) is 0 Å². The summed E-state index contributed by atoms with van der Waals surface area (Å²) in [5.74, 6) is 7.00. The van der Waals surface area contributed by atoms with Crippen molar-refractivity contribution in [2.75, 3.05) is 0 Å². The molecule has 0 aromatic carbocycles. The van der Waals surface area contributed by atoms with Crippen LogP contribution >= 0.6 is 0 Å². The standard InChI is InChI=1S/C14H26.C12H22O.C11H20/c1-11(2)13-5-8-14(9-6-13,10-7-13)12(3)4;1-7(2)9-5-12-10(8(3)4)6-11(9)13-12;1-8(2)10-5-11(6-10,7-10)9(3)4/h11-12H,5-10H2,1-4H3;7-12H,5-6H2,1-4H3;8-9H,5-7H2,1-4H3. The fourth-order valence-electron chi connectivity index (χ4n) is 10.3. The Morgan fingerprint density at radius 2 is 0.684 bits per heavy atom. The molecule has 0 N–H and O–H groups in total. The fraction of sp³-hybridized carbons (Fsp3) is 1.00. The van der Waals surface area contributed by atoms with Crippen molar-refractivity contribution >= 4 is 0 Å². The maximum atomic E-state index is 6.02. The highest BCUT2D eigenvalue weighted by atomic mass is 16.5. The molecule has 4 unspecified atom stereocenters. The molecule has 1 nitrogen and oxygen atoms in total. The van der Waals surface area contributed by atoms with Crippen molar-refractivity contribution in [2.45, 2.75) is 166 Å². The van der Waals surface area contributed by atoms with Crippen molar-refractivity contribution in [3.8, 4) is 0 Å². The van der Waals surface area contributed by atoms with Gasteiger partial charge in [-0.2, -0.15) is 0 Å². The maximum absolute atomic E-state index is 6.02. The topological polar surface area (TPSA) is 9.23 Å². The van der Waals surface area contributed by atoms with Gasteiger partial charge in [0.2, 0.25) is 0 Å². The van der Waals surface area contributed by atoms with Gasteiger partial charge in [0.1, 0.15) is 0 Å². The molecule has 38 heavy (non-hydrogen) atoms. The molecular weight excluding hydrogens is 460 g/mol. The van der Waals surface area contributed by atoms with E-state index in [1.54, 1.807) is 0 Å². The van der Waals surface area contributed by atoms with E-state index in [2.05, 4.69) is 83.1 Å². The largest absolute Gasteiger partial charge is 0.374 e. The smallest absolute Gasteiger partial charge is 0.0614 e. The quantitative estimate of drug-likeness (QED) is 0.333. The number of rotatable bonds is 6. The molecular formula is C37H68O. The van der Waals surface area contributed by atoms with E-state index in [0.29, 0.717) is 12.2 Å². The van der Waals surface area contributed by atoms with Crippen molar-refractivity contribution in [1.29, 1.82) is 0 Å². The molecule has 8 aliphatic rings. The van der Waals surface area contributed by atoms with Crippen LogP contribution in [-0.4, -0.2) is 12.2 Å². The minimum Gasteiger partial charge on any atom is -0.374 e. The molecule has 8 rings (SSSR count). The van der Waals surface area contributed by atoms with Crippen LogP contribution < -0.4 is 0 Å². The van der Waals surface area contributed by atoms with E-state index in [0.717, 1.165) is 69.0 Å². The lowest BCUT2D eigenvalue weighted by Crippen LogP contribution is -2.66. The lowest BCUT2D eigenvalue weighted by atomic mass is 9.30. The zero-order valence-electron chi connectivity index (χ0n) is 28.0. The van der Waals surface area contributed by atoms with Crippen LogP contribution in [-0.2, 0) is 4.74 Å². The third-order valence-corrected chi connectivity index (χ3v) is 14.4. The highest BCUT2D eigenvalue weighted by molar-refractivity contribution is 5.18. The van der Waals surface area contributed by atoms with Gasteiger partial charge in [0.15, 0.2) is 0 Å². The summed E-state index contributed by atoms with van der Waals surface area (Å²) in [7, 11) is 0. The van der Waals surface area contributed by atoms with E-state index in [1.165, 1.54) is 70.6 Å². The van der Waals surface area contributed by atoms with Crippen LogP contribution in [0.3, 0.4) is 0 Å².